The number of benzene rings is 1. The van der Waals surface area contributed by atoms with Crippen molar-refractivity contribution in [1.82, 2.24) is 4.31 Å². The van der Waals surface area contributed by atoms with Gasteiger partial charge in [-0.05, 0) is 31.5 Å². The second-order valence-electron chi connectivity index (χ2n) is 5.14. The van der Waals surface area contributed by atoms with Gasteiger partial charge in [-0.3, -0.25) is 0 Å². The number of nitriles is 1. The summed E-state index contributed by atoms with van der Waals surface area (Å²) in [6, 6.07) is 8.65. The normalized spacial score (nSPS) is 24.2. The Morgan fingerprint density at radius 3 is 2.30 bits per heavy atom. The van der Waals surface area contributed by atoms with Gasteiger partial charge in [0.2, 0.25) is 10.0 Å². The Morgan fingerprint density at radius 1 is 1.25 bits per heavy atom. The van der Waals surface area contributed by atoms with Crippen LogP contribution in [0.3, 0.4) is 0 Å². The second-order valence-corrected chi connectivity index (χ2v) is 7.11. The van der Waals surface area contributed by atoms with E-state index in [1.54, 1.807) is 24.3 Å². The molecule has 1 aliphatic heterocycles. The maximum absolute atomic E-state index is 12.4. The first-order valence-electron chi connectivity index (χ1n) is 6.53. The van der Waals surface area contributed by atoms with E-state index in [2.05, 4.69) is 0 Å². The van der Waals surface area contributed by atoms with Crippen molar-refractivity contribution in [2.75, 3.05) is 13.1 Å². The number of sulfonamides is 1. The van der Waals surface area contributed by atoms with E-state index in [9.17, 15) is 8.42 Å². The molecule has 20 heavy (non-hydrogen) atoms. The molecule has 1 heterocycles. The highest BCUT2D eigenvalue weighted by atomic mass is 32.2. The van der Waals surface area contributed by atoms with Crippen molar-refractivity contribution in [2.45, 2.75) is 31.8 Å². The molecule has 0 N–H and O–H groups in total. The first-order chi connectivity index (χ1) is 9.40. The predicted octanol–water partition coefficient (Wildman–Crippen LogP) is 1.50. The zero-order valence-corrected chi connectivity index (χ0v) is 12.4. The molecule has 0 aliphatic carbocycles. The molecule has 0 radical (unpaired) electrons. The summed E-state index contributed by atoms with van der Waals surface area (Å²) >= 11 is 0. The fourth-order valence-corrected chi connectivity index (χ4v) is 4.01. The van der Waals surface area contributed by atoms with Gasteiger partial charge < -0.3 is 4.74 Å². The maximum Gasteiger partial charge on any atom is 0.218 e. The van der Waals surface area contributed by atoms with Gasteiger partial charge in [-0.1, -0.05) is 12.1 Å². The summed E-state index contributed by atoms with van der Waals surface area (Å²) < 4.78 is 31.9. The minimum atomic E-state index is -3.35. The highest BCUT2D eigenvalue weighted by Gasteiger charge is 2.30. The van der Waals surface area contributed by atoms with Gasteiger partial charge in [0.25, 0.3) is 0 Å². The molecule has 0 amide bonds. The molecule has 1 aromatic carbocycles. The number of hydrogen-bond acceptors (Lipinski definition) is 4. The highest BCUT2D eigenvalue weighted by molar-refractivity contribution is 7.88. The van der Waals surface area contributed by atoms with Crippen LogP contribution in [0.15, 0.2) is 24.3 Å². The van der Waals surface area contributed by atoms with E-state index in [1.165, 1.54) is 4.31 Å². The zero-order chi connectivity index (χ0) is 14.8. The standard InChI is InChI=1S/C14H18N2O3S/c1-11-8-16(9-12(2)19-11)20(17,18)10-14-5-3-13(7-15)4-6-14/h3-6,11-12H,8-10H2,1-2H3/t11-,12-/m1/s1. The summed E-state index contributed by atoms with van der Waals surface area (Å²) in [5.41, 5.74) is 1.22. The molecule has 2 rings (SSSR count). The van der Waals surface area contributed by atoms with Gasteiger partial charge in [0.05, 0.1) is 29.6 Å². The fourth-order valence-electron chi connectivity index (χ4n) is 2.34. The largest absolute Gasteiger partial charge is 0.373 e. The molecule has 108 valence electrons. The second kappa shape index (κ2) is 5.92. The third-order valence-corrected chi connectivity index (χ3v) is 4.99. The van der Waals surface area contributed by atoms with Gasteiger partial charge in [-0.2, -0.15) is 9.57 Å². The van der Waals surface area contributed by atoms with Crippen LogP contribution in [0.1, 0.15) is 25.0 Å². The molecule has 0 saturated carbocycles. The van der Waals surface area contributed by atoms with E-state index in [4.69, 9.17) is 10.00 Å². The number of morpholine rings is 1. The van der Waals surface area contributed by atoms with Crippen LogP contribution in [0, 0.1) is 11.3 Å². The fraction of sp³-hybridized carbons (Fsp3) is 0.500. The van der Waals surface area contributed by atoms with Crippen LogP contribution < -0.4 is 0 Å². The summed E-state index contributed by atoms with van der Waals surface area (Å²) in [5.74, 6) is -0.0435. The van der Waals surface area contributed by atoms with Crippen LogP contribution in [-0.2, 0) is 20.5 Å². The first-order valence-corrected chi connectivity index (χ1v) is 8.14. The van der Waals surface area contributed by atoms with Crippen molar-refractivity contribution in [3.05, 3.63) is 35.4 Å². The monoisotopic (exact) mass is 294 g/mol. The van der Waals surface area contributed by atoms with Crippen molar-refractivity contribution in [3.8, 4) is 6.07 Å². The Kier molecular flexibility index (Phi) is 4.43. The van der Waals surface area contributed by atoms with Crippen molar-refractivity contribution in [3.63, 3.8) is 0 Å². The molecule has 0 unspecified atom stereocenters. The summed E-state index contributed by atoms with van der Waals surface area (Å²) in [4.78, 5) is 0. The third-order valence-electron chi connectivity index (χ3n) is 3.21. The van der Waals surface area contributed by atoms with Gasteiger partial charge in [0, 0.05) is 13.1 Å². The van der Waals surface area contributed by atoms with E-state index in [0.717, 1.165) is 0 Å². The molecule has 1 fully saturated rings. The van der Waals surface area contributed by atoms with E-state index in [0.29, 0.717) is 24.2 Å². The lowest BCUT2D eigenvalue weighted by Crippen LogP contribution is -2.48. The van der Waals surface area contributed by atoms with E-state index >= 15 is 0 Å². The van der Waals surface area contributed by atoms with Gasteiger partial charge >= 0.3 is 0 Å². The smallest absolute Gasteiger partial charge is 0.218 e. The minimum absolute atomic E-state index is 0.0435. The Balaban J connectivity index is 2.12. The lowest BCUT2D eigenvalue weighted by Gasteiger charge is -2.34. The average molecular weight is 294 g/mol. The van der Waals surface area contributed by atoms with Crippen LogP contribution >= 0.6 is 0 Å². The van der Waals surface area contributed by atoms with Crippen molar-refractivity contribution in [2.24, 2.45) is 0 Å². The van der Waals surface area contributed by atoms with Crippen LogP contribution in [0.5, 0.6) is 0 Å². The average Bonchev–Trinajstić information content (AvgIpc) is 2.38. The molecule has 1 aliphatic rings. The highest BCUT2D eigenvalue weighted by Crippen LogP contribution is 2.18. The molecule has 1 saturated heterocycles. The van der Waals surface area contributed by atoms with E-state index in [1.807, 2.05) is 19.9 Å². The molecular weight excluding hydrogens is 276 g/mol. The molecular formula is C14H18N2O3S. The lowest BCUT2D eigenvalue weighted by molar-refractivity contribution is -0.0441. The molecule has 5 nitrogen and oxygen atoms in total. The predicted molar refractivity (Wildman–Crippen MR) is 75.4 cm³/mol. The summed E-state index contributed by atoms with van der Waals surface area (Å²) in [6.07, 6.45) is -0.177. The van der Waals surface area contributed by atoms with Gasteiger partial charge in [-0.15, -0.1) is 0 Å². The summed E-state index contributed by atoms with van der Waals surface area (Å²) in [6.45, 7) is 4.53. The van der Waals surface area contributed by atoms with Crippen molar-refractivity contribution < 1.29 is 13.2 Å². The topological polar surface area (TPSA) is 70.4 Å². The molecule has 0 aromatic heterocycles. The minimum Gasteiger partial charge on any atom is -0.373 e. The number of nitrogens with zero attached hydrogens (tertiary/aromatic N) is 2. The molecule has 6 heteroatoms. The van der Waals surface area contributed by atoms with E-state index in [-0.39, 0.29) is 18.0 Å². The zero-order valence-electron chi connectivity index (χ0n) is 11.6. The van der Waals surface area contributed by atoms with Crippen LogP contribution in [0.25, 0.3) is 0 Å². The number of ether oxygens (including phenoxy) is 1. The molecule has 1 aromatic rings. The maximum atomic E-state index is 12.4. The Labute approximate surface area is 119 Å². The van der Waals surface area contributed by atoms with Crippen LogP contribution in [0.2, 0.25) is 0 Å². The molecule has 0 spiro atoms. The quantitative estimate of drug-likeness (QED) is 0.847. The van der Waals surface area contributed by atoms with Crippen LogP contribution in [-0.4, -0.2) is 38.0 Å². The Bertz CT molecular complexity index is 594. The summed E-state index contributed by atoms with van der Waals surface area (Å²) in [5, 5.41) is 8.73. The first kappa shape index (κ1) is 15.0. The summed E-state index contributed by atoms with van der Waals surface area (Å²) in [7, 11) is -3.35. The molecule has 2 atom stereocenters. The van der Waals surface area contributed by atoms with Crippen molar-refractivity contribution >= 4 is 10.0 Å². The van der Waals surface area contributed by atoms with Gasteiger partial charge in [-0.25, -0.2) is 8.42 Å². The lowest BCUT2D eigenvalue weighted by atomic mass is 10.2. The Morgan fingerprint density at radius 2 is 1.80 bits per heavy atom. The van der Waals surface area contributed by atoms with Crippen LogP contribution in [0.4, 0.5) is 0 Å². The van der Waals surface area contributed by atoms with Gasteiger partial charge in [0.15, 0.2) is 0 Å². The number of rotatable bonds is 3. The van der Waals surface area contributed by atoms with Crippen molar-refractivity contribution in [1.29, 1.82) is 5.26 Å². The number of hydrogen-bond donors (Lipinski definition) is 0. The molecule has 0 bridgehead atoms. The van der Waals surface area contributed by atoms with E-state index < -0.39 is 10.0 Å². The Hall–Kier alpha value is -1.42. The van der Waals surface area contributed by atoms with Gasteiger partial charge in [0.1, 0.15) is 0 Å². The third kappa shape index (κ3) is 3.57. The SMILES string of the molecule is C[C@@H]1CN(S(=O)(=O)Cc2ccc(C#N)cc2)C[C@@H](C)O1.